The molecule has 0 aromatic carbocycles. The Bertz CT molecular complexity index is 816. The lowest BCUT2D eigenvalue weighted by Crippen LogP contribution is -2.08. The van der Waals surface area contributed by atoms with Crippen LogP contribution in [0, 0.1) is 5.82 Å². The zero-order valence-electron chi connectivity index (χ0n) is 12.7. The van der Waals surface area contributed by atoms with Gasteiger partial charge in [-0.3, -0.25) is 4.98 Å². The molecule has 0 aliphatic carbocycles. The van der Waals surface area contributed by atoms with Crippen molar-refractivity contribution in [1.82, 2.24) is 19.7 Å². The number of hydrogen-bond donors (Lipinski definition) is 0. The minimum atomic E-state index is -0.293. The fourth-order valence-corrected chi connectivity index (χ4v) is 2.94. The highest BCUT2D eigenvalue weighted by molar-refractivity contribution is 9.10. The van der Waals surface area contributed by atoms with Gasteiger partial charge in [0.15, 0.2) is 5.82 Å². The summed E-state index contributed by atoms with van der Waals surface area (Å²) in [5.41, 5.74) is 2.78. The van der Waals surface area contributed by atoms with Crippen LogP contribution in [0.3, 0.4) is 0 Å². The van der Waals surface area contributed by atoms with E-state index in [-0.39, 0.29) is 5.82 Å². The van der Waals surface area contributed by atoms with Gasteiger partial charge in [-0.1, -0.05) is 13.3 Å². The van der Waals surface area contributed by atoms with Gasteiger partial charge in [0.1, 0.15) is 5.82 Å². The van der Waals surface area contributed by atoms with Crippen LogP contribution < -0.4 is 0 Å². The van der Waals surface area contributed by atoms with Crippen LogP contribution in [0.2, 0.25) is 0 Å². The molecule has 23 heavy (non-hydrogen) atoms. The number of hydrogen-bond acceptors (Lipinski definition) is 3. The Kier molecular flexibility index (Phi) is 4.81. The Hall–Kier alpha value is -2.08. The number of aryl methyl sites for hydroxylation is 1. The predicted molar refractivity (Wildman–Crippen MR) is 90.1 cm³/mol. The summed E-state index contributed by atoms with van der Waals surface area (Å²) in [7, 11) is 0. The topological polar surface area (TPSA) is 43.6 Å². The first-order valence-electron chi connectivity index (χ1n) is 7.46. The van der Waals surface area contributed by atoms with Crippen molar-refractivity contribution in [3.05, 3.63) is 70.1 Å². The number of pyridine rings is 2. The summed E-state index contributed by atoms with van der Waals surface area (Å²) in [6, 6.07) is 7.29. The minimum absolute atomic E-state index is 0.293. The average Bonchev–Trinajstić information content (AvgIpc) is 2.99. The van der Waals surface area contributed by atoms with Crippen LogP contribution in [0.15, 0.2) is 47.3 Å². The van der Waals surface area contributed by atoms with Gasteiger partial charge >= 0.3 is 0 Å². The molecule has 3 aromatic heterocycles. The van der Waals surface area contributed by atoms with Crippen molar-refractivity contribution < 1.29 is 4.39 Å². The highest BCUT2D eigenvalue weighted by Crippen LogP contribution is 2.21. The van der Waals surface area contributed by atoms with Crippen LogP contribution in [0.4, 0.5) is 4.39 Å². The Morgan fingerprint density at radius 2 is 2.09 bits per heavy atom. The van der Waals surface area contributed by atoms with E-state index < -0.39 is 0 Å². The Balaban J connectivity index is 1.97. The largest absolute Gasteiger partial charge is 0.258 e. The Morgan fingerprint density at radius 3 is 2.87 bits per heavy atom. The highest BCUT2D eigenvalue weighted by atomic mass is 79.9. The van der Waals surface area contributed by atoms with Crippen LogP contribution in [0.5, 0.6) is 0 Å². The third kappa shape index (κ3) is 3.47. The Morgan fingerprint density at radius 1 is 1.22 bits per heavy atom. The summed E-state index contributed by atoms with van der Waals surface area (Å²) < 4.78 is 16.1. The summed E-state index contributed by atoms with van der Waals surface area (Å²) in [6.45, 7) is 2.07. The quantitative estimate of drug-likeness (QED) is 0.674. The van der Waals surface area contributed by atoms with Crippen LogP contribution in [0.25, 0.3) is 5.82 Å². The van der Waals surface area contributed by atoms with E-state index >= 15 is 0 Å². The zero-order chi connectivity index (χ0) is 16.2. The van der Waals surface area contributed by atoms with Gasteiger partial charge in [-0.05, 0) is 52.2 Å². The van der Waals surface area contributed by atoms with E-state index in [4.69, 9.17) is 0 Å². The second-order valence-corrected chi connectivity index (χ2v) is 6.08. The number of nitrogens with zero attached hydrogens (tertiary/aromatic N) is 4. The normalized spacial score (nSPS) is 10.9. The number of rotatable bonds is 5. The average molecular weight is 375 g/mol. The molecule has 0 saturated carbocycles. The van der Waals surface area contributed by atoms with E-state index in [1.807, 2.05) is 18.2 Å². The van der Waals surface area contributed by atoms with E-state index in [9.17, 15) is 4.39 Å². The maximum absolute atomic E-state index is 13.5. The zero-order valence-corrected chi connectivity index (χ0v) is 14.3. The first kappa shape index (κ1) is 15.8. The van der Waals surface area contributed by atoms with E-state index in [1.165, 1.54) is 6.20 Å². The smallest absolute Gasteiger partial charge is 0.167 e. The summed E-state index contributed by atoms with van der Waals surface area (Å²) in [5.74, 6) is 0.435. The number of halogens is 2. The van der Waals surface area contributed by atoms with Crippen LogP contribution >= 0.6 is 15.9 Å². The van der Waals surface area contributed by atoms with Crippen molar-refractivity contribution >= 4 is 15.9 Å². The van der Waals surface area contributed by atoms with Crippen LogP contribution in [-0.2, 0) is 12.8 Å². The molecule has 0 aliphatic heterocycles. The molecule has 0 radical (unpaired) electrons. The molecule has 0 N–H and O–H groups in total. The molecular weight excluding hydrogens is 359 g/mol. The van der Waals surface area contributed by atoms with Crippen molar-refractivity contribution in [2.45, 2.75) is 26.2 Å². The fraction of sp³-hybridized carbons (Fsp3) is 0.235. The molecule has 0 bridgehead atoms. The maximum atomic E-state index is 13.5. The lowest BCUT2D eigenvalue weighted by molar-refractivity contribution is 0.614. The van der Waals surface area contributed by atoms with Gasteiger partial charge in [-0.25, -0.2) is 14.1 Å². The van der Waals surface area contributed by atoms with Crippen molar-refractivity contribution in [2.75, 3.05) is 0 Å². The molecule has 0 spiro atoms. The molecule has 6 heteroatoms. The molecule has 3 aromatic rings. The predicted octanol–water partition coefficient (Wildman–Crippen LogP) is 4.11. The van der Waals surface area contributed by atoms with E-state index in [0.29, 0.717) is 6.42 Å². The van der Waals surface area contributed by atoms with E-state index in [2.05, 4.69) is 37.9 Å². The van der Waals surface area contributed by atoms with Gasteiger partial charge in [-0.2, -0.15) is 5.10 Å². The van der Waals surface area contributed by atoms with Gasteiger partial charge in [0.25, 0.3) is 0 Å². The second kappa shape index (κ2) is 7.00. The molecule has 0 amide bonds. The van der Waals surface area contributed by atoms with E-state index in [1.54, 1.807) is 23.1 Å². The van der Waals surface area contributed by atoms with E-state index in [0.717, 1.165) is 40.1 Å². The Labute approximate surface area is 142 Å². The van der Waals surface area contributed by atoms with Crippen LogP contribution in [0.1, 0.15) is 30.3 Å². The molecule has 4 nitrogen and oxygen atoms in total. The monoisotopic (exact) mass is 374 g/mol. The minimum Gasteiger partial charge on any atom is -0.258 e. The van der Waals surface area contributed by atoms with Crippen molar-refractivity contribution in [3.8, 4) is 5.82 Å². The van der Waals surface area contributed by atoms with Gasteiger partial charge in [0.05, 0.1) is 16.4 Å². The first-order chi connectivity index (χ1) is 11.2. The molecule has 0 saturated heterocycles. The SMILES string of the molecule is CCCc1cc(F)cnc1Cc1ccnn1-c1ncccc1Br. The van der Waals surface area contributed by atoms with Gasteiger partial charge in [-0.15, -0.1) is 0 Å². The summed E-state index contributed by atoms with van der Waals surface area (Å²) >= 11 is 3.50. The van der Waals surface area contributed by atoms with Crippen LogP contribution in [-0.4, -0.2) is 19.7 Å². The van der Waals surface area contributed by atoms with Crippen molar-refractivity contribution in [2.24, 2.45) is 0 Å². The molecule has 0 atom stereocenters. The van der Waals surface area contributed by atoms with Crippen molar-refractivity contribution in [1.29, 1.82) is 0 Å². The lowest BCUT2D eigenvalue weighted by Gasteiger charge is -2.11. The third-order valence-electron chi connectivity index (χ3n) is 3.56. The molecule has 3 rings (SSSR count). The molecule has 0 unspecified atom stereocenters. The number of aromatic nitrogens is 4. The van der Waals surface area contributed by atoms with Crippen molar-refractivity contribution in [3.63, 3.8) is 0 Å². The molecule has 118 valence electrons. The summed E-state index contributed by atoms with van der Waals surface area (Å²) in [5, 5.41) is 4.36. The maximum Gasteiger partial charge on any atom is 0.167 e. The molecule has 0 aliphatic rings. The first-order valence-corrected chi connectivity index (χ1v) is 8.25. The molecule has 0 fully saturated rings. The highest BCUT2D eigenvalue weighted by Gasteiger charge is 2.13. The third-order valence-corrected chi connectivity index (χ3v) is 4.17. The molecular formula is C17H16BrFN4. The van der Waals surface area contributed by atoms with Gasteiger partial charge < -0.3 is 0 Å². The second-order valence-electron chi connectivity index (χ2n) is 5.23. The lowest BCUT2D eigenvalue weighted by atomic mass is 10.0. The van der Waals surface area contributed by atoms with Gasteiger partial charge in [0, 0.05) is 24.5 Å². The summed E-state index contributed by atoms with van der Waals surface area (Å²) in [4.78, 5) is 8.65. The fourth-order valence-electron chi connectivity index (χ4n) is 2.51. The standard InChI is InChI=1S/C17H16BrFN4/c1-2-4-12-9-13(19)11-21-16(12)10-14-6-8-22-23(14)17-15(18)5-3-7-20-17/h3,5-9,11H,2,4,10H2,1H3. The molecule has 3 heterocycles. The van der Waals surface area contributed by atoms with Gasteiger partial charge in [0.2, 0.25) is 0 Å². The summed E-state index contributed by atoms with van der Waals surface area (Å²) in [6.07, 6.45) is 7.07.